The van der Waals surface area contributed by atoms with Crippen LogP contribution < -0.4 is 15.4 Å². The van der Waals surface area contributed by atoms with Crippen LogP contribution in [0.25, 0.3) is 22.3 Å². The van der Waals surface area contributed by atoms with Gasteiger partial charge in [-0.15, -0.1) is 0 Å². The standard InChI is InChI=1S/C27H25F2N7O2S/c1-16-8-24(34-25-14-32-27(35-26(16)25)33-21-10-20(28)12-31-13-21)19-6-7-23(22(29)9-19)36-39(37,38)15-18-4-2-17(11-30)3-5-18/h2-9,14,20-21,31,36H,10,12-13,15H2,1H3,(H,32,33,35)/t20-,21-/m0/s1. The molecular formula is C27H25F2N7O2S. The largest absolute Gasteiger partial charge is 0.350 e. The molecule has 39 heavy (non-hydrogen) atoms. The summed E-state index contributed by atoms with van der Waals surface area (Å²) in [7, 11) is -3.90. The maximum absolute atomic E-state index is 15.0. The number of hydrogen-bond acceptors (Lipinski definition) is 8. The van der Waals surface area contributed by atoms with Crippen molar-refractivity contribution in [2.45, 2.75) is 31.3 Å². The lowest BCUT2D eigenvalue weighted by atomic mass is 10.1. The number of nitrogens with one attached hydrogen (secondary N) is 3. The zero-order valence-electron chi connectivity index (χ0n) is 20.9. The van der Waals surface area contributed by atoms with Crippen LogP contribution in [-0.2, 0) is 15.8 Å². The molecular weight excluding hydrogens is 524 g/mol. The molecule has 0 saturated carbocycles. The maximum Gasteiger partial charge on any atom is 0.237 e. The van der Waals surface area contributed by atoms with E-state index >= 15 is 0 Å². The quantitative estimate of drug-likeness (QED) is 0.314. The molecule has 2 aromatic heterocycles. The number of piperidine rings is 1. The summed E-state index contributed by atoms with van der Waals surface area (Å²) >= 11 is 0. The molecule has 0 radical (unpaired) electrons. The van der Waals surface area contributed by atoms with Gasteiger partial charge in [0.05, 0.1) is 40.5 Å². The Morgan fingerprint density at radius 2 is 1.92 bits per heavy atom. The maximum atomic E-state index is 15.0. The first-order chi connectivity index (χ1) is 18.7. The number of nitrogens with zero attached hydrogens (tertiary/aromatic N) is 4. The van der Waals surface area contributed by atoms with Gasteiger partial charge in [0.15, 0.2) is 0 Å². The van der Waals surface area contributed by atoms with Gasteiger partial charge in [0.25, 0.3) is 0 Å². The SMILES string of the molecule is Cc1cc(-c2ccc(NS(=O)(=O)Cc3ccc(C#N)cc3)c(F)c2)nc2cnc(N[C@@H]3CNC[C@@H](F)C3)nc12. The topological polar surface area (TPSA) is 133 Å². The summed E-state index contributed by atoms with van der Waals surface area (Å²) in [6.07, 6.45) is 1.01. The normalized spacial score (nSPS) is 17.5. The van der Waals surface area contributed by atoms with Gasteiger partial charge in [0, 0.05) is 31.1 Å². The lowest BCUT2D eigenvalue weighted by Gasteiger charge is -2.26. The van der Waals surface area contributed by atoms with Crippen LogP contribution >= 0.6 is 0 Å². The molecule has 200 valence electrons. The van der Waals surface area contributed by atoms with Crippen molar-refractivity contribution in [3.05, 3.63) is 77.2 Å². The highest BCUT2D eigenvalue weighted by Gasteiger charge is 2.22. The number of hydrogen-bond donors (Lipinski definition) is 3. The van der Waals surface area contributed by atoms with Crippen molar-refractivity contribution in [1.82, 2.24) is 20.3 Å². The van der Waals surface area contributed by atoms with Gasteiger partial charge < -0.3 is 10.6 Å². The Kier molecular flexibility index (Phi) is 7.36. The number of sulfonamides is 1. The molecule has 0 bridgehead atoms. The summed E-state index contributed by atoms with van der Waals surface area (Å²) in [6, 6.07) is 13.9. The average molecular weight is 550 g/mol. The van der Waals surface area contributed by atoms with Crippen LogP contribution in [0.2, 0.25) is 0 Å². The van der Waals surface area contributed by atoms with Crippen LogP contribution in [0, 0.1) is 24.1 Å². The third-order valence-corrected chi connectivity index (χ3v) is 7.58. The third-order valence-electron chi connectivity index (χ3n) is 6.34. The number of halogens is 2. The highest BCUT2D eigenvalue weighted by atomic mass is 32.2. The summed E-state index contributed by atoms with van der Waals surface area (Å²) in [5.74, 6) is -0.739. The number of aryl methyl sites for hydroxylation is 1. The smallest absolute Gasteiger partial charge is 0.237 e. The minimum absolute atomic E-state index is 0.123. The first-order valence-electron chi connectivity index (χ1n) is 12.2. The molecule has 1 fully saturated rings. The van der Waals surface area contributed by atoms with E-state index in [9.17, 15) is 17.2 Å². The van der Waals surface area contributed by atoms with Crippen molar-refractivity contribution in [2.75, 3.05) is 23.1 Å². The van der Waals surface area contributed by atoms with Crippen molar-refractivity contribution in [1.29, 1.82) is 5.26 Å². The molecule has 5 rings (SSSR count). The Balaban J connectivity index is 1.33. The Morgan fingerprint density at radius 1 is 1.13 bits per heavy atom. The summed E-state index contributed by atoms with van der Waals surface area (Å²) in [5.41, 5.74) is 3.55. The Bertz CT molecular complexity index is 1670. The van der Waals surface area contributed by atoms with E-state index in [1.165, 1.54) is 24.3 Å². The number of pyridine rings is 1. The molecule has 2 atom stereocenters. The van der Waals surface area contributed by atoms with Gasteiger partial charge >= 0.3 is 0 Å². The highest BCUT2D eigenvalue weighted by Crippen LogP contribution is 2.27. The monoisotopic (exact) mass is 549 g/mol. The molecule has 12 heteroatoms. The molecule has 0 spiro atoms. The number of rotatable bonds is 7. The van der Waals surface area contributed by atoms with E-state index in [-0.39, 0.29) is 17.5 Å². The molecule has 1 aliphatic rings. The second-order valence-electron chi connectivity index (χ2n) is 9.45. The molecule has 1 saturated heterocycles. The van der Waals surface area contributed by atoms with Crippen molar-refractivity contribution >= 4 is 32.7 Å². The zero-order valence-corrected chi connectivity index (χ0v) is 21.8. The first-order valence-corrected chi connectivity index (χ1v) is 13.9. The van der Waals surface area contributed by atoms with E-state index in [0.717, 1.165) is 5.56 Å². The van der Waals surface area contributed by atoms with Crippen molar-refractivity contribution in [3.63, 3.8) is 0 Å². The van der Waals surface area contributed by atoms with E-state index < -0.39 is 22.0 Å². The Hall–Kier alpha value is -4.21. The van der Waals surface area contributed by atoms with Crippen molar-refractivity contribution < 1.29 is 17.2 Å². The van der Waals surface area contributed by atoms with E-state index in [0.29, 0.717) is 58.9 Å². The van der Waals surface area contributed by atoms with Gasteiger partial charge in [0.2, 0.25) is 16.0 Å². The van der Waals surface area contributed by atoms with Crippen LogP contribution in [0.1, 0.15) is 23.1 Å². The molecule has 0 amide bonds. The molecule has 0 aliphatic carbocycles. The van der Waals surface area contributed by atoms with Crippen molar-refractivity contribution in [3.8, 4) is 17.3 Å². The van der Waals surface area contributed by atoms with Gasteiger partial charge in [-0.25, -0.2) is 32.2 Å². The van der Waals surface area contributed by atoms with Gasteiger partial charge in [-0.1, -0.05) is 18.2 Å². The number of nitriles is 1. The predicted molar refractivity (Wildman–Crippen MR) is 145 cm³/mol. The number of benzene rings is 2. The van der Waals surface area contributed by atoms with Gasteiger partial charge in [-0.2, -0.15) is 5.26 Å². The summed E-state index contributed by atoms with van der Waals surface area (Å²) in [6.45, 7) is 2.81. The molecule has 9 nitrogen and oxygen atoms in total. The summed E-state index contributed by atoms with van der Waals surface area (Å²) < 4.78 is 56.1. The van der Waals surface area contributed by atoms with Gasteiger partial charge in [-0.05, 0) is 48.4 Å². The van der Waals surface area contributed by atoms with Crippen molar-refractivity contribution in [2.24, 2.45) is 0 Å². The predicted octanol–water partition coefficient (Wildman–Crippen LogP) is 4.06. The number of alkyl halides is 1. The average Bonchev–Trinajstić information content (AvgIpc) is 2.90. The van der Waals surface area contributed by atoms with Crippen LogP contribution in [-0.4, -0.2) is 48.7 Å². The molecule has 3 N–H and O–H groups in total. The minimum Gasteiger partial charge on any atom is -0.350 e. The second-order valence-corrected chi connectivity index (χ2v) is 11.2. The second kappa shape index (κ2) is 10.9. The number of fused-ring (bicyclic) bond motifs is 1. The van der Waals surface area contributed by atoms with Crippen LogP contribution in [0.3, 0.4) is 0 Å². The highest BCUT2D eigenvalue weighted by molar-refractivity contribution is 7.91. The van der Waals surface area contributed by atoms with Crippen LogP contribution in [0.4, 0.5) is 20.4 Å². The summed E-state index contributed by atoms with van der Waals surface area (Å²) in [4.78, 5) is 13.4. The Morgan fingerprint density at radius 3 is 2.64 bits per heavy atom. The molecule has 4 aromatic rings. The van der Waals surface area contributed by atoms with Gasteiger partial charge in [-0.3, -0.25) is 4.72 Å². The molecule has 0 unspecified atom stereocenters. The fraction of sp³-hybridized carbons (Fsp3) is 0.259. The van der Waals surface area contributed by atoms with Crippen LogP contribution in [0.15, 0.2) is 54.7 Å². The van der Waals surface area contributed by atoms with E-state index in [1.807, 2.05) is 13.0 Å². The fourth-order valence-corrected chi connectivity index (χ4v) is 5.64. The third kappa shape index (κ3) is 6.27. The lowest BCUT2D eigenvalue weighted by Crippen LogP contribution is -2.44. The van der Waals surface area contributed by atoms with E-state index in [4.69, 9.17) is 5.26 Å². The van der Waals surface area contributed by atoms with E-state index in [2.05, 4.69) is 30.3 Å². The molecule has 2 aromatic carbocycles. The van der Waals surface area contributed by atoms with E-state index in [1.54, 1.807) is 30.5 Å². The Labute approximate surface area is 224 Å². The summed E-state index contributed by atoms with van der Waals surface area (Å²) in [5, 5.41) is 15.1. The van der Waals surface area contributed by atoms with Crippen LogP contribution in [0.5, 0.6) is 0 Å². The molecule has 3 heterocycles. The minimum atomic E-state index is -3.90. The first kappa shape index (κ1) is 26.4. The molecule has 1 aliphatic heterocycles. The number of anilines is 2. The fourth-order valence-electron chi connectivity index (χ4n) is 4.44. The van der Waals surface area contributed by atoms with Gasteiger partial charge in [0.1, 0.15) is 17.5 Å². The number of aromatic nitrogens is 3. The lowest BCUT2D eigenvalue weighted by molar-refractivity contribution is 0.254. The zero-order chi connectivity index (χ0) is 27.6.